The molecule has 1 N–H and O–H groups in total. The fraction of sp³-hybridized carbons (Fsp3) is 0.100. The highest BCUT2D eigenvalue weighted by Crippen LogP contribution is 1.90. The Morgan fingerprint density at radius 1 is 1.53 bits per heavy atom. The lowest BCUT2D eigenvalue weighted by Crippen LogP contribution is -2.22. The van der Waals surface area contributed by atoms with E-state index in [-0.39, 0.29) is 10.3 Å². The van der Waals surface area contributed by atoms with Crippen LogP contribution < -0.4 is 5.56 Å². The summed E-state index contributed by atoms with van der Waals surface area (Å²) in [5.41, 5.74) is 0.598. The maximum atomic E-state index is 11.7. The van der Waals surface area contributed by atoms with Crippen molar-refractivity contribution in [1.82, 2.24) is 19.9 Å². The number of H-pyrrole nitrogens is 1. The zero-order valence-corrected chi connectivity index (χ0v) is 9.81. The molecule has 0 aliphatic heterocycles. The Bertz CT molecular complexity index is 658. The highest BCUT2D eigenvalue weighted by atomic mass is 32.1. The zero-order chi connectivity index (χ0) is 12.3. The third-order valence-electron chi connectivity index (χ3n) is 2.01. The van der Waals surface area contributed by atoms with Gasteiger partial charge in [0.15, 0.2) is 0 Å². The van der Waals surface area contributed by atoms with Crippen molar-refractivity contribution in [1.29, 1.82) is 0 Å². The highest BCUT2D eigenvalue weighted by Gasteiger charge is 2.00. The van der Waals surface area contributed by atoms with Crippen LogP contribution in [0.3, 0.4) is 0 Å². The van der Waals surface area contributed by atoms with Gasteiger partial charge in [0.2, 0.25) is 4.77 Å². The molecule has 17 heavy (non-hydrogen) atoms. The van der Waals surface area contributed by atoms with Crippen LogP contribution in [-0.2, 0) is 0 Å². The Balaban J connectivity index is 2.44. The minimum atomic E-state index is -0.346. The molecule has 6 nitrogen and oxygen atoms in total. The molecule has 0 aliphatic carbocycles. The summed E-state index contributed by atoms with van der Waals surface area (Å²) < 4.78 is 1.22. The highest BCUT2D eigenvalue weighted by molar-refractivity contribution is 7.71. The summed E-state index contributed by atoms with van der Waals surface area (Å²) >= 11 is 4.93. The van der Waals surface area contributed by atoms with Gasteiger partial charge in [-0.05, 0) is 31.3 Å². The molecule has 0 radical (unpaired) electrons. The Morgan fingerprint density at radius 3 is 3.06 bits per heavy atom. The molecule has 0 unspecified atom stereocenters. The number of aryl methyl sites for hydroxylation is 1. The lowest BCUT2D eigenvalue weighted by molar-refractivity contribution is 0.720. The molecule has 2 aromatic heterocycles. The molecule has 2 heterocycles. The van der Waals surface area contributed by atoms with Crippen LogP contribution in [0.15, 0.2) is 34.3 Å². The molecule has 0 aliphatic rings. The van der Waals surface area contributed by atoms with Gasteiger partial charge in [-0.2, -0.15) is 14.9 Å². The Morgan fingerprint density at radius 2 is 2.35 bits per heavy atom. The summed E-state index contributed by atoms with van der Waals surface area (Å²) in [6.07, 6.45) is 3.10. The number of aromatic nitrogens is 4. The van der Waals surface area contributed by atoms with E-state index in [0.717, 1.165) is 4.68 Å². The quantitative estimate of drug-likeness (QED) is 0.631. The van der Waals surface area contributed by atoms with E-state index in [2.05, 4.69) is 20.3 Å². The molecule has 2 aromatic rings. The summed E-state index contributed by atoms with van der Waals surface area (Å²) in [4.78, 5) is 15.7. The molecule has 0 fully saturated rings. The van der Waals surface area contributed by atoms with E-state index in [9.17, 15) is 4.79 Å². The van der Waals surface area contributed by atoms with Gasteiger partial charge in [-0.15, -0.1) is 0 Å². The Hall–Kier alpha value is -2.15. The molecule has 0 saturated carbocycles. The first kappa shape index (κ1) is 11.3. The first-order valence-corrected chi connectivity index (χ1v) is 5.23. The van der Waals surface area contributed by atoms with E-state index in [0.29, 0.717) is 11.4 Å². The van der Waals surface area contributed by atoms with Crippen molar-refractivity contribution in [2.24, 2.45) is 5.10 Å². The second-order valence-corrected chi connectivity index (χ2v) is 3.62. The van der Waals surface area contributed by atoms with E-state index in [1.165, 1.54) is 6.21 Å². The largest absolute Gasteiger partial charge is 0.296 e. The summed E-state index contributed by atoms with van der Waals surface area (Å²) in [5, 5.41) is 10.3. The molecule has 2 rings (SSSR count). The van der Waals surface area contributed by atoms with Crippen molar-refractivity contribution >= 4 is 18.4 Å². The third kappa shape index (κ3) is 2.51. The molecule has 0 bridgehead atoms. The molecule has 7 heteroatoms. The molecule has 0 amide bonds. The molecular formula is C10H9N5OS. The second-order valence-electron chi connectivity index (χ2n) is 3.23. The van der Waals surface area contributed by atoms with Gasteiger partial charge < -0.3 is 0 Å². The van der Waals surface area contributed by atoms with E-state index >= 15 is 0 Å². The lowest BCUT2D eigenvalue weighted by Gasteiger charge is -1.98. The zero-order valence-electron chi connectivity index (χ0n) is 8.99. The fourth-order valence-corrected chi connectivity index (χ4v) is 1.32. The predicted octanol–water partition coefficient (Wildman–Crippen LogP) is 0.887. The number of pyridine rings is 1. The minimum Gasteiger partial charge on any atom is -0.265 e. The average molecular weight is 247 g/mol. The van der Waals surface area contributed by atoms with E-state index < -0.39 is 0 Å². The summed E-state index contributed by atoms with van der Waals surface area (Å²) in [5.74, 6) is 0. The molecule has 86 valence electrons. The smallest absolute Gasteiger partial charge is 0.265 e. The number of nitrogens with zero attached hydrogens (tertiary/aromatic N) is 4. The summed E-state index contributed by atoms with van der Waals surface area (Å²) in [6.45, 7) is 1.58. The molecule has 0 aromatic carbocycles. The van der Waals surface area contributed by atoms with Crippen LogP contribution in [0.1, 0.15) is 11.4 Å². The topological polar surface area (TPSA) is 75.9 Å². The Labute approximate surface area is 102 Å². The van der Waals surface area contributed by atoms with Crippen molar-refractivity contribution in [2.75, 3.05) is 0 Å². The van der Waals surface area contributed by atoms with Crippen LogP contribution in [-0.4, -0.2) is 26.1 Å². The van der Waals surface area contributed by atoms with Crippen LogP contribution in [0.5, 0.6) is 0 Å². The molecule has 0 atom stereocenters. The van der Waals surface area contributed by atoms with Gasteiger partial charge in [0.1, 0.15) is 5.69 Å². The third-order valence-corrected chi connectivity index (χ3v) is 2.27. The number of hydrogen-bond acceptors (Lipinski definition) is 5. The first-order valence-electron chi connectivity index (χ1n) is 4.82. The lowest BCUT2D eigenvalue weighted by atomic mass is 10.4. The minimum absolute atomic E-state index is 0.146. The van der Waals surface area contributed by atoms with Crippen LogP contribution >= 0.6 is 12.2 Å². The maximum absolute atomic E-state index is 11.7. The van der Waals surface area contributed by atoms with Crippen molar-refractivity contribution in [2.45, 2.75) is 6.92 Å². The molecule has 0 spiro atoms. The van der Waals surface area contributed by atoms with Crippen LogP contribution in [0.4, 0.5) is 0 Å². The normalized spacial score (nSPS) is 10.9. The monoisotopic (exact) mass is 247 g/mol. The number of aromatic amines is 1. The number of rotatable bonds is 2. The van der Waals surface area contributed by atoms with E-state index in [1.54, 1.807) is 25.3 Å². The summed E-state index contributed by atoms with van der Waals surface area (Å²) in [6, 6.07) is 5.40. The average Bonchev–Trinajstić information content (AvgIpc) is 2.35. The van der Waals surface area contributed by atoms with E-state index in [1.807, 2.05) is 6.07 Å². The van der Waals surface area contributed by atoms with Crippen LogP contribution in [0.25, 0.3) is 0 Å². The van der Waals surface area contributed by atoms with Crippen LogP contribution in [0, 0.1) is 11.7 Å². The standard InChI is InChI=1S/C10H9N5OS/c1-7-9(16)15(10(17)14-13-7)12-6-8-4-2-3-5-11-8/h2-6H,1H3,(H,14,17)/b12-6+. The van der Waals surface area contributed by atoms with Gasteiger partial charge >= 0.3 is 0 Å². The number of hydrogen-bond donors (Lipinski definition) is 1. The predicted molar refractivity (Wildman–Crippen MR) is 65.6 cm³/mol. The second kappa shape index (κ2) is 4.79. The van der Waals surface area contributed by atoms with Gasteiger partial charge in [-0.25, -0.2) is 0 Å². The van der Waals surface area contributed by atoms with Gasteiger partial charge in [0.05, 0.1) is 11.9 Å². The van der Waals surface area contributed by atoms with E-state index in [4.69, 9.17) is 12.2 Å². The maximum Gasteiger partial charge on any atom is 0.296 e. The molecular weight excluding hydrogens is 238 g/mol. The van der Waals surface area contributed by atoms with Crippen LogP contribution in [0.2, 0.25) is 0 Å². The Kier molecular flexibility index (Phi) is 3.20. The van der Waals surface area contributed by atoms with Gasteiger partial charge in [0, 0.05) is 6.20 Å². The van der Waals surface area contributed by atoms with Crippen molar-refractivity contribution in [3.63, 3.8) is 0 Å². The van der Waals surface area contributed by atoms with Crippen molar-refractivity contribution < 1.29 is 0 Å². The SMILES string of the molecule is Cc1n[nH]c(=S)n(/N=C/c2ccccn2)c1=O. The fourth-order valence-electron chi connectivity index (χ4n) is 1.15. The number of nitrogens with one attached hydrogen (secondary N) is 1. The van der Waals surface area contributed by atoms with Crippen molar-refractivity contribution in [3.05, 3.63) is 50.9 Å². The van der Waals surface area contributed by atoms with Gasteiger partial charge in [0.25, 0.3) is 5.56 Å². The first-order chi connectivity index (χ1) is 8.18. The molecule has 0 saturated heterocycles. The summed E-state index contributed by atoms with van der Waals surface area (Å²) in [7, 11) is 0. The van der Waals surface area contributed by atoms with Gasteiger partial charge in [-0.3, -0.25) is 14.9 Å². The van der Waals surface area contributed by atoms with Gasteiger partial charge in [-0.1, -0.05) is 6.07 Å². The van der Waals surface area contributed by atoms with Crippen molar-refractivity contribution in [3.8, 4) is 0 Å².